The Bertz CT molecular complexity index is 448. The Kier molecular flexibility index (Phi) is 13.7. The minimum atomic E-state index is -0.780. The molecule has 0 aromatic carbocycles. The van der Waals surface area contributed by atoms with Crippen LogP contribution in [0.3, 0.4) is 0 Å². The summed E-state index contributed by atoms with van der Waals surface area (Å²) in [6.07, 6.45) is 6.14. The third-order valence-electron chi connectivity index (χ3n) is 4.62. The number of likely N-dealkylation sites (tertiary alicyclic amines) is 2. The Balaban J connectivity index is 0.000000997. The molecule has 1 amide bonds. The second-order valence-electron chi connectivity index (χ2n) is 6.51. The number of rotatable bonds is 4. The molecule has 0 spiro atoms. The molecule has 1 atom stereocenters. The van der Waals surface area contributed by atoms with E-state index in [2.05, 4.69) is 10.2 Å². The number of aliphatic carboxylic acids is 1. The van der Waals surface area contributed by atoms with Crippen LogP contribution in [0.15, 0.2) is 0 Å². The van der Waals surface area contributed by atoms with Crippen LogP contribution in [0, 0.1) is 0 Å². The minimum Gasteiger partial charge on any atom is -0.483 e. The van der Waals surface area contributed by atoms with Gasteiger partial charge in [-0.1, -0.05) is 12.8 Å². The Morgan fingerprint density at radius 2 is 1.56 bits per heavy atom. The number of nitrogens with one attached hydrogen (secondary N) is 1. The van der Waals surface area contributed by atoms with Crippen LogP contribution in [0.1, 0.15) is 38.5 Å². The first-order valence-corrected chi connectivity index (χ1v) is 9.00. The highest BCUT2D eigenvalue weighted by atomic mass is 16.4. The third-order valence-corrected chi connectivity index (χ3v) is 4.62. The number of carbonyl (C=O) groups excluding carboxylic acids is 1. The van der Waals surface area contributed by atoms with Gasteiger partial charge < -0.3 is 20.6 Å². The molecule has 1 unspecified atom stereocenters. The first-order chi connectivity index (χ1) is 12.9. The van der Waals surface area contributed by atoms with Gasteiger partial charge >= 0.3 is 5.97 Å². The van der Waals surface area contributed by atoms with Gasteiger partial charge in [-0.05, 0) is 39.3 Å². The van der Waals surface area contributed by atoms with Crippen LogP contribution in [-0.2, 0) is 19.2 Å². The van der Waals surface area contributed by atoms with Crippen LogP contribution in [0.25, 0.3) is 0 Å². The number of nitrogens with zero attached hydrogens (tertiary/aromatic N) is 2. The number of hydrogen-bond donors (Lipinski definition) is 4. The molecular formula is C17H31N3O7. The third kappa shape index (κ3) is 11.2. The summed E-state index contributed by atoms with van der Waals surface area (Å²) in [6.45, 7) is 2.09. The summed E-state index contributed by atoms with van der Waals surface area (Å²) in [5.74, 6) is -0.631. The van der Waals surface area contributed by atoms with Crippen molar-refractivity contribution in [2.45, 2.75) is 50.6 Å². The van der Waals surface area contributed by atoms with Crippen LogP contribution in [0.2, 0.25) is 0 Å². The first-order valence-electron chi connectivity index (χ1n) is 9.00. The van der Waals surface area contributed by atoms with E-state index in [1.807, 2.05) is 11.9 Å². The molecule has 0 radical (unpaired) electrons. The molecule has 0 saturated carbocycles. The van der Waals surface area contributed by atoms with Crippen molar-refractivity contribution in [1.82, 2.24) is 15.1 Å². The van der Waals surface area contributed by atoms with Crippen LogP contribution in [0.4, 0.5) is 0 Å². The van der Waals surface area contributed by atoms with E-state index in [1.165, 1.54) is 12.8 Å². The quantitative estimate of drug-likeness (QED) is 0.485. The molecule has 2 fully saturated rings. The highest BCUT2D eigenvalue weighted by Crippen LogP contribution is 2.16. The van der Waals surface area contributed by atoms with Crippen LogP contribution < -0.4 is 5.32 Å². The maximum atomic E-state index is 12.4. The molecule has 27 heavy (non-hydrogen) atoms. The molecular weight excluding hydrogens is 358 g/mol. The van der Waals surface area contributed by atoms with E-state index in [1.54, 1.807) is 0 Å². The second kappa shape index (κ2) is 14.9. The number of carboxylic acid groups (broad SMARTS) is 3. The van der Waals surface area contributed by atoms with Gasteiger partial charge in [-0.3, -0.25) is 29.0 Å². The molecule has 2 saturated heterocycles. The molecule has 156 valence electrons. The van der Waals surface area contributed by atoms with Crippen molar-refractivity contribution in [1.29, 1.82) is 0 Å². The zero-order chi connectivity index (χ0) is 20.7. The van der Waals surface area contributed by atoms with Gasteiger partial charge in [0.1, 0.15) is 0 Å². The fourth-order valence-electron chi connectivity index (χ4n) is 3.31. The number of amides is 1. The average molecular weight is 389 g/mol. The van der Waals surface area contributed by atoms with Gasteiger partial charge in [-0.15, -0.1) is 0 Å². The van der Waals surface area contributed by atoms with Crippen molar-refractivity contribution in [3.05, 3.63) is 0 Å². The Labute approximate surface area is 159 Å². The van der Waals surface area contributed by atoms with E-state index in [-0.39, 0.29) is 37.5 Å². The van der Waals surface area contributed by atoms with Crippen molar-refractivity contribution < 1.29 is 34.5 Å². The van der Waals surface area contributed by atoms with Crippen LogP contribution in [0.5, 0.6) is 0 Å². The van der Waals surface area contributed by atoms with Gasteiger partial charge in [0.25, 0.3) is 12.9 Å². The average Bonchev–Trinajstić information content (AvgIpc) is 2.82. The summed E-state index contributed by atoms with van der Waals surface area (Å²) in [5, 5.41) is 25.7. The van der Waals surface area contributed by atoms with Gasteiger partial charge in [0.2, 0.25) is 5.91 Å². The zero-order valence-electron chi connectivity index (χ0n) is 15.7. The molecule has 10 heteroatoms. The summed E-state index contributed by atoms with van der Waals surface area (Å²) in [4.78, 5) is 43.9. The monoisotopic (exact) mass is 389 g/mol. The van der Waals surface area contributed by atoms with Gasteiger partial charge in [-0.25, -0.2) is 0 Å². The van der Waals surface area contributed by atoms with E-state index >= 15 is 0 Å². The Hall–Kier alpha value is -2.20. The van der Waals surface area contributed by atoms with Crippen molar-refractivity contribution in [3.8, 4) is 0 Å². The lowest BCUT2D eigenvalue weighted by atomic mass is 10.0. The standard InChI is InChI=1S/C15H27N3O3.2CH2O2/c1-17-8-4-2-3-5-13(17)15(21)16-12-6-9-18(10-7-12)11-14(19)20;2*2-1-3/h12-13H,2-11H2,1H3,(H,16,21)(H,19,20);2*1H,(H,2,3). The van der Waals surface area contributed by atoms with Crippen molar-refractivity contribution >= 4 is 24.8 Å². The molecule has 2 aliphatic rings. The summed E-state index contributed by atoms with van der Waals surface area (Å²) in [7, 11) is 2.03. The van der Waals surface area contributed by atoms with Gasteiger partial charge in [0.05, 0.1) is 12.6 Å². The molecule has 2 rings (SSSR count). The molecule has 10 nitrogen and oxygen atoms in total. The predicted molar refractivity (Wildman–Crippen MR) is 97.5 cm³/mol. The largest absolute Gasteiger partial charge is 0.483 e. The van der Waals surface area contributed by atoms with E-state index in [0.29, 0.717) is 0 Å². The van der Waals surface area contributed by atoms with Crippen molar-refractivity contribution in [2.75, 3.05) is 33.2 Å². The fourth-order valence-corrected chi connectivity index (χ4v) is 3.31. The lowest BCUT2D eigenvalue weighted by molar-refractivity contribution is -0.139. The maximum absolute atomic E-state index is 12.4. The fraction of sp³-hybridized carbons (Fsp3) is 0.765. The number of likely N-dealkylation sites (N-methyl/N-ethyl adjacent to an activating group) is 1. The van der Waals surface area contributed by atoms with Crippen LogP contribution >= 0.6 is 0 Å². The summed E-state index contributed by atoms with van der Waals surface area (Å²) in [5.41, 5.74) is 0. The molecule has 2 aliphatic heterocycles. The van der Waals surface area contributed by atoms with E-state index < -0.39 is 5.97 Å². The Morgan fingerprint density at radius 3 is 2.07 bits per heavy atom. The molecule has 0 bridgehead atoms. The first kappa shape index (κ1) is 24.8. The van der Waals surface area contributed by atoms with E-state index in [9.17, 15) is 9.59 Å². The zero-order valence-corrected chi connectivity index (χ0v) is 15.7. The molecule has 4 N–H and O–H groups in total. The summed E-state index contributed by atoms with van der Waals surface area (Å²) >= 11 is 0. The molecule has 0 aromatic rings. The summed E-state index contributed by atoms with van der Waals surface area (Å²) < 4.78 is 0. The number of hydrogen-bond acceptors (Lipinski definition) is 6. The SMILES string of the molecule is CN1CCCCCC1C(=O)NC1CCN(CC(=O)O)CC1.O=CO.O=CO. The lowest BCUT2D eigenvalue weighted by Gasteiger charge is -2.33. The maximum Gasteiger partial charge on any atom is 0.317 e. The van der Waals surface area contributed by atoms with Gasteiger partial charge in [0.15, 0.2) is 0 Å². The van der Waals surface area contributed by atoms with E-state index in [4.69, 9.17) is 24.9 Å². The molecule has 0 aromatic heterocycles. The highest BCUT2D eigenvalue weighted by Gasteiger charge is 2.28. The van der Waals surface area contributed by atoms with Gasteiger partial charge in [0, 0.05) is 19.1 Å². The molecule has 2 heterocycles. The van der Waals surface area contributed by atoms with Crippen molar-refractivity contribution in [3.63, 3.8) is 0 Å². The lowest BCUT2D eigenvalue weighted by Crippen LogP contribution is -2.51. The van der Waals surface area contributed by atoms with Gasteiger partial charge in [-0.2, -0.15) is 0 Å². The normalized spacial score (nSPS) is 21.3. The van der Waals surface area contributed by atoms with E-state index in [0.717, 1.165) is 45.3 Å². The number of carbonyl (C=O) groups is 4. The summed E-state index contributed by atoms with van der Waals surface area (Å²) in [6, 6.07) is 0.198. The predicted octanol–water partition coefficient (Wildman–Crippen LogP) is -0.0724. The topological polar surface area (TPSA) is 147 Å². The highest BCUT2D eigenvalue weighted by molar-refractivity contribution is 5.82. The van der Waals surface area contributed by atoms with Crippen molar-refractivity contribution in [2.24, 2.45) is 0 Å². The smallest absolute Gasteiger partial charge is 0.317 e. The minimum absolute atomic E-state index is 0.00421. The molecule has 0 aliphatic carbocycles. The van der Waals surface area contributed by atoms with Crippen LogP contribution in [-0.4, -0.2) is 95.3 Å². The Morgan fingerprint density at radius 1 is 1.00 bits per heavy atom. The second-order valence-corrected chi connectivity index (χ2v) is 6.51. The number of carboxylic acids is 1. The number of piperidine rings is 1.